The van der Waals surface area contributed by atoms with Crippen molar-refractivity contribution in [1.82, 2.24) is 0 Å². The van der Waals surface area contributed by atoms with Gasteiger partial charge in [-0.2, -0.15) is 22.0 Å². The summed E-state index contributed by atoms with van der Waals surface area (Å²) < 4.78 is 61.9. The fraction of sp³-hybridized carbons (Fsp3) is 0.273. The second-order valence-corrected chi connectivity index (χ2v) is 3.79. The summed E-state index contributed by atoms with van der Waals surface area (Å²) in [4.78, 5) is 21.8. The number of carbonyl (C=O) groups is 2. The highest BCUT2D eigenvalue weighted by atomic mass is 19.4. The highest BCUT2D eigenvalue weighted by molar-refractivity contribution is 5.99. The van der Waals surface area contributed by atoms with E-state index in [9.17, 15) is 31.5 Å². The molecule has 4 nitrogen and oxygen atoms in total. The SMILES string of the molecule is CN(C(=O)C(F)(F)C(F)(F)F)c1ccc(C(=O)O)cc1. The first-order valence-corrected chi connectivity index (χ1v) is 5.04. The molecule has 1 rings (SSSR count). The first-order valence-electron chi connectivity index (χ1n) is 5.04. The van der Waals surface area contributed by atoms with Gasteiger partial charge in [-0.05, 0) is 24.3 Å². The molecule has 0 fully saturated rings. The predicted octanol–water partition coefficient (Wildman–Crippen LogP) is 2.55. The average Bonchev–Trinajstić information content (AvgIpc) is 2.35. The second-order valence-electron chi connectivity index (χ2n) is 3.79. The van der Waals surface area contributed by atoms with Gasteiger partial charge in [0.05, 0.1) is 5.56 Å². The Labute approximate surface area is 109 Å². The van der Waals surface area contributed by atoms with E-state index in [1.165, 1.54) is 0 Å². The summed E-state index contributed by atoms with van der Waals surface area (Å²) in [6, 6.07) is 3.86. The van der Waals surface area contributed by atoms with Gasteiger partial charge in [0.15, 0.2) is 0 Å². The summed E-state index contributed by atoms with van der Waals surface area (Å²) >= 11 is 0. The van der Waals surface area contributed by atoms with Crippen LogP contribution in [0, 0.1) is 0 Å². The van der Waals surface area contributed by atoms with Crippen molar-refractivity contribution in [1.29, 1.82) is 0 Å². The van der Waals surface area contributed by atoms with Gasteiger partial charge in [0.1, 0.15) is 0 Å². The number of carboxylic acid groups (broad SMARTS) is 1. The van der Waals surface area contributed by atoms with Crippen molar-refractivity contribution in [3.8, 4) is 0 Å². The summed E-state index contributed by atoms with van der Waals surface area (Å²) in [7, 11) is 0.734. The van der Waals surface area contributed by atoms with Gasteiger partial charge in [0.25, 0.3) is 0 Å². The van der Waals surface area contributed by atoms with Crippen molar-refractivity contribution >= 4 is 17.6 Å². The Kier molecular flexibility index (Phi) is 4.02. The van der Waals surface area contributed by atoms with Crippen LogP contribution in [0.2, 0.25) is 0 Å². The van der Waals surface area contributed by atoms with E-state index in [1.54, 1.807) is 0 Å². The van der Waals surface area contributed by atoms with Crippen LogP contribution in [-0.4, -0.2) is 36.1 Å². The molecule has 0 saturated carbocycles. The number of aromatic carboxylic acids is 1. The number of hydrogen-bond donors (Lipinski definition) is 1. The van der Waals surface area contributed by atoms with E-state index >= 15 is 0 Å². The highest BCUT2D eigenvalue weighted by Crippen LogP contribution is 2.37. The van der Waals surface area contributed by atoms with Crippen molar-refractivity contribution in [3.05, 3.63) is 29.8 Å². The lowest BCUT2D eigenvalue weighted by atomic mass is 10.2. The normalized spacial score (nSPS) is 12.1. The quantitative estimate of drug-likeness (QED) is 0.872. The molecule has 0 heterocycles. The monoisotopic (exact) mass is 297 g/mol. The second kappa shape index (κ2) is 5.06. The van der Waals surface area contributed by atoms with Gasteiger partial charge >= 0.3 is 24.0 Å². The lowest BCUT2D eigenvalue weighted by Gasteiger charge is -2.24. The molecule has 0 bridgehead atoms. The Bertz CT molecular complexity index is 524. The van der Waals surface area contributed by atoms with Crippen LogP contribution in [0.1, 0.15) is 10.4 Å². The third kappa shape index (κ3) is 2.86. The number of anilines is 1. The van der Waals surface area contributed by atoms with Crippen LogP contribution in [-0.2, 0) is 4.79 Å². The Morgan fingerprint density at radius 1 is 1.05 bits per heavy atom. The molecule has 0 aliphatic heterocycles. The smallest absolute Gasteiger partial charge is 0.463 e. The van der Waals surface area contributed by atoms with Crippen LogP contribution < -0.4 is 4.90 Å². The zero-order valence-electron chi connectivity index (χ0n) is 9.91. The molecule has 1 amide bonds. The molecule has 0 atom stereocenters. The number of amides is 1. The molecule has 20 heavy (non-hydrogen) atoms. The topological polar surface area (TPSA) is 57.6 Å². The maximum Gasteiger partial charge on any atom is 0.463 e. The molecule has 1 N–H and O–H groups in total. The molecule has 0 spiro atoms. The fourth-order valence-corrected chi connectivity index (χ4v) is 1.28. The van der Waals surface area contributed by atoms with Crippen molar-refractivity contribution < 1.29 is 36.6 Å². The number of rotatable bonds is 3. The molecule has 0 aliphatic carbocycles. The summed E-state index contributed by atoms with van der Waals surface area (Å²) in [5.41, 5.74) is -0.485. The first kappa shape index (κ1) is 15.9. The molecular formula is C11H8F5NO3. The van der Waals surface area contributed by atoms with Crippen LogP contribution in [0.4, 0.5) is 27.6 Å². The predicted molar refractivity (Wildman–Crippen MR) is 57.8 cm³/mol. The third-order valence-electron chi connectivity index (χ3n) is 2.43. The minimum absolute atomic E-state index is 0.110. The summed E-state index contributed by atoms with van der Waals surface area (Å²) in [6.07, 6.45) is -6.00. The van der Waals surface area contributed by atoms with Gasteiger partial charge in [0.2, 0.25) is 0 Å². The Hall–Kier alpha value is -2.19. The van der Waals surface area contributed by atoms with E-state index < -0.39 is 24.0 Å². The lowest BCUT2D eigenvalue weighted by molar-refractivity contribution is -0.268. The number of alkyl halides is 5. The molecule has 9 heteroatoms. The summed E-state index contributed by atoms with van der Waals surface area (Å²) in [5, 5.41) is 8.61. The number of benzene rings is 1. The van der Waals surface area contributed by atoms with Crippen molar-refractivity contribution in [2.24, 2.45) is 0 Å². The Morgan fingerprint density at radius 2 is 1.50 bits per heavy atom. The van der Waals surface area contributed by atoms with Gasteiger partial charge in [-0.3, -0.25) is 4.79 Å². The summed E-state index contributed by atoms with van der Waals surface area (Å²) in [6.45, 7) is 0. The van der Waals surface area contributed by atoms with Gasteiger partial charge in [0, 0.05) is 12.7 Å². The molecule has 0 aliphatic rings. The number of halogens is 5. The average molecular weight is 297 g/mol. The van der Waals surface area contributed by atoms with E-state index in [1.807, 2.05) is 0 Å². The van der Waals surface area contributed by atoms with Crippen molar-refractivity contribution in [3.63, 3.8) is 0 Å². The van der Waals surface area contributed by atoms with Gasteiger partial charge in [-0.1, -0.05) is 0 Å². The minimum Gasteiger partial charge on any atom is -0.478 e. The third-order valence-corrected chi connectivity index (χ3v) is 2.43. The molecule has 0 unspecified atom stereocenters. The van der Waals surface area contributed by atoms with E-state index in [0.29, 0.717) is 0 Å². The van der Waals surface area contributed by atoms with E-state index in [2.05, 4.69) is 0 Å². The first-order chi connectivity index (χ1) is 8.98. The Morgan fingerprint density at radius 3 is 1.85 bits per heavy atom. The molecule has 1 aromatic carbocycles. The highest BCUT2D eigenvalue weighted by Gasteiger charge is 2.64. The van der Waals surface area contributed by atoms with Crippen LogP contribution in [0.3, 0.4) is 0 Å². The molecular weight excluding hydrogens is 289 g/mol. The zero-order valence-corrected chi connectivity index (χ0v) is 9.91. The minimum atomic E-state index is -6.00. The Balaban J connectivity index is 3.03. The van der Waals surface area contributed by atoms with Crippen LogP contribution in [0.15, 0.2) is 24.3 Å². The fourth-order valence-electron chi connectivity index (χ4n) is 1.28. The molecule has 0 radical (unpaired) electrons. The number of carbonyl (C=O) groups excluding carboxylic acids is 1. The number of nitrogens with zero attached hydrogens (tertiary/aromatic N) is 1. The largest absolute Gasteiger partial charge is 0.478 e. The standard InChI is InChI=1S/C11H8F5NO3/c1-17(9(20)10(12,13)11(14,15)16)7-4-2-6(3-5-7)8(18)19/h2-5H,1H3,(H,18,19). The van der Waals surface area contributed by atoms with Crippen molar-refractivity contribution in [2.45, 2.75) is 12.1 Å². The maximum atomic E-state index is 12.9. The maximum absolute atomic E-state index is 12.9. The molecule has 0 saturated heterocycles. The molecule has 1 aromatic rings. The van der Waals surface area contributed by atoms with Gasteiger partial charge < -0.3 is 10.0 Å². The van der Waals surface area contributed by atoms with E-state index in [0.717, 1.165) is 31.3 Å². The van der Waals surface area contributed by atoms with Gasteiger partial charge in [-0.15, -0.1) is 0 Å². The van der Waals surface area contributed by atoms with E-state index in [-0.39, 0.29) is 16.2 Å². The lowest BCUT2D eigenvalue weighted by Crippen LogP contribution is -2.51. The summed E-state index contributed by atoms with van der Waals surface area (Å²) in [5.74, 6) is -9.27. The van der Waals surface area contributed by atoms with Crippen LogP contribution in [0.25, 0.3) is 0 Å². The van der Waals surface area contributed by atoms with Gasteiger partial charge in [-0.25, -0.2) is 4.79 Å². The molecule has 0 aromatic heterocycles. The zero-order chi connectivity index (χ0) is 15.7. The van der Waals surface area contributed by atoms with Crippen LogP contribution >= 0.6 is 0 Å². The number of hydrogen-bond acceptors (Lipinski definition) is 2. The number of carboxylic acids is 1. The van der Waals surface area contributed by atoms with Crippen molar-refractivity contribution in [2.75, 3.05) is 11.9 Å². The molecule has 110 valence electrons. The van der Waals surface area contributed by atoms with Crippen LogP contribution in [0.5, 0.6) is 0 Å². The van der Waals surface area contributed by atoms with E-state index in [4.69, 9.17) is 5.11 Å².